The lowest BCUT2D eigenvalue weighted by Crippen LogP contribution is -3.62. The molecule has 2 heteroatoms. The van der Waals surface area contributed by atoms with Gasteiger partial charge in [-0.3, -0.25) is 0 Å². The van der Waals surface area contributed by atoms with Crippen LogP contribution in [0.25, 0.3) is 0 Å². The fraction of sp³-hybridized carbons (Fsp3) is 0.467. The lowest BCUT2D eigenvalue weighted by atomic mass is 9.75. The Labute approximate surface area is 310 Å². The average molecular weight is 857 g/mol. The minimum atomic E-state index is -0.196. The molecule has 0 amide bonds. The van der Waals surface area contributed by atoms with Crippen LogP contribution in [0.3, 0.4) is 0 Å². The van der Waals surface area contributed by atoms with E-state index < -0.39 is 0 Å². The highest BCUT2D eigenvalue weighted by Gasteiger charge is 2.36. The van der Waals surface area contributed by atoms with Gasteiger partial charge in [0.1, 0.15) is 0 Å². The third kappa shape index (κ3) is 11.2. The number of benzene rings is 4. The van der Waals surface area contributed by atoms with E-state index in [-0.39, 0.29) is 58.7 Å². The van der Waals surface area contributed by atoms with Crippen LogP contribution in [0.1, 0.15) is 155 Å². The molecule has 0 saturated carbocycles. The van der Waals surface area contributed by atoms with Crippen molar-refractivity contribution < 1.29 is 42.4 Å². The second-order valence-corrected chi connectivity index (χ2v) is 22.6. The van der Waals surface area contributed by atoms with Gasteiger partial charge in [0.15, 0.2) is 7.14 Å². The highest BCUT2D eigenvalue weighted by Crippen LogP contribution is 2.35. The van der Waals surface area contributed by atoms with Gasteiger partial charge in [0.25, 0.3) is 0 Å². The van der Waals surface area contributed by atoms with E-state index in [1.807, 2.05) is 0 Å². The molecule has 0 atom stereocenters. The summed E-state index contributed by atoms with van der Waals surface area (Å²) in [6, 6.07) is 32.0. The third-order valence-corrected chi connectivity index (χ3v) is 14.7. The van der Waals surface area contributed by atoms with Crippen LogP contribution in [0, 0.1) is 14.3 Å². The summed E-state index contributed by atoms with van der Waals surface area (Å²) in [6.07, 6.45) is 0. The summed E-state index contributed by atoms with van der Waals surface area (Å²) < 4.78 is 6.29. The van der Waals surface area contributed by atoms with Gasteiger partial charge < -0.3 is 0 Å². The first-order valence-corrected chi connectivity index (χ1v) is 21.8. The van der Waals surface area contributed by atoms with Crippen molar-refractivity contribution >= 4 is 0 Å². The number of rotatable bonds is 7. The molecule has 0 aromatic heterocycles. The van der Waals surface area contributed by atoms with Gasteiger partial charge in [-0.2, -0.15) is 0 Å². The smallest absolute Gasteiger partial charge is 0.0619 e. The van der Waals surface area contributed by atoms with Crippen molar-refractivity contribution in [3.8, 4) is 0 Å². The molecular formula is C45H62I2+2. The Bertz CT molecular complexity index is 1510. The fourth-order valence-electron chi connectivity index (χ4n) is 5.40. The maximum absolute atomic E-state index is 2.49. The summed E-state index contributed by atoms with van der Waals surface area (Å²) in [7, 11) is 0. The highest BCUT2D eigenvalue weighted by atomic mass is 127. The zero-order valence-electron chi connectivity index (χ0n) is 32.1. The maximum Gasteiger partial charge on any atom is 0.358 e. The second kappa shape index (κ2) is 16.4. The molecular weight excluding hydrogens is 794 g/mol. The molecule has 4 rings (SSSR count). The molecule has 0 aliphatic carbocycles. The monoisotopic (exact) mass is 856 g/mol. The van der Waals surface area contributed by atoms with E-state index in [0.717, 1.165) is 0 Å². The van der Waals surface area contributed by atoms with Gasteiger partial charge in [-0.15, -0.1) is 0 Å². The van der Waals surface area contributed by atoms with Crippen LogP contribution in [0.2, 0.25) is 0 Å². The summed E-state index contributed by atoms with van der Waals surface area (Å²) in [6.45, 7) is 35.1. The van der Waals surface area contributed by atoms with E-state index in [0.29, 0.717) is 17.8 Å². The van der Waals surface area contributed by atoms with Gasteiger partial charge in [0.2, 0.25) is 7.14 Å². The van der Waals surface area contributed by atoms with Crippen molar-refractivity contribution in [1.82, 2.24) is 0 Å². The minimum absolute atomic E-state index is 0.114. The maximum atomic E-state index is 2.49. The molecule has 0 unspecified atom stereocenters. The van der Waals surface area contributed by atoms with Gasteiger partial charge in [-0.05, 0) is 69.4 Å². The Balaban J connectivity index is 0.000000257. The summed E-state index contributed by atoms with van der Waals surface area (Å²) in [5.41, 5.74) is 9.68. The van der Waals surface area contributed by atoms with E-state index in [1.54, 1.807) is 29.4 Å². The number of hydrogen-bond donors (Lipinski definition) is 0. The second-order valence-electron chi connectivity index (χ2n) is 16.9. The van der Waals surface area contributed by atoms with Gasteiger partial charge in [0, 0.05) is 22.3 Å². The molecule has 0 spiro atoms. The van der Waals surface area contributed by atoms with Gasteiger partial charge in [-0.1, -0.05) is 165 Å². The lowest BCUT2D eigenvalue weighted by Gasteiger charge is -2.29. The molecule has 4 aromatic rings. The summed E-state index contributed by atoms with van der Waals surface area (Å²) in [5.74, 6) is 1.78. The van der Waals surface area contributed by atoms with Crippen molar-refractivity contribution in [2.24, 2.45) is 0 Å². The summed E-state index contributed by atoms with van der Waals surface area (Å²) >= 11 is -0.311. The van der Waals surface area contributed by atoms with Gasteiger partial charge >= 0.3 is 42.4 Å². The third-order valence-electron chi connectivity index (χ3n) is 8.49. The molecule has 0 fully saturated rings. The Morgan fingerprint density at radius 1 is 0.426 bits per heavy atom. The van der Waals surface area contributed by atoms with Crippen LogP contribution >= 0.6 is 0 Å². The predicted octanol–water partition coefficient (Wildman–Crippen LogP) is 6.89. The van der Waals surface area contributed by atoms with Crippen LogP contribution in [0.15, 0.2) is 84.9 Å². The SMILES string of the molecule is CC(C)(C)c1cc(C(C)(C)C)c([I+]c2ccccc2)c(C(C)(C)C)c1.CC(C)c1cc(C(C)C)c([I+]c2ccccc2)c(C(C)C)c1. The van der Waals surface area contributed by atoms with Crippen molar-refractivity contribution in [3.05, 3.63) is 133 Å². The predicted molar refractivity (Wildman–Crippen MR) is 199 cm³/mol. The Morgan fingerprint density at radius 3 is 1.09 bits per heavy atom. The van der Waals surface area contributed by atoms with Crippen LogP contribution in [-0.2, 0) is 16.2 Å². The van der Waals surface area contributed by atoms with E-state index in [9.17, 15) is 0 Å². The van der Waals surface area contributed by atoms with Gasteiger partial charge in [-0.25, -0.2) is 0 Å². The molecule has 254 valence electrons. The van der Waals surface area contributed by atoms with Crippen molar-refractivity contribution in [2.75, 3.05) is 0 Å². The van der Waals surface area contributed by atoms with Crippen LogP contribution in [-0.4, -0.2) is 0 Å². The molecule has 47 heavy (non-hydrogen) atoms. The van der Waals surface area contributed by atoms with Gasteiger partial charge in [0.05, 0.1) is 0 Å². The number of halogens is 2. The van der Waals surface area contributed by atoms with Crippen LogP contribution < -0.4 is 42.4 Å². The van der Waals surface area contributed by atoms with E-state index in [1.165, 1.54) is 18.3 Å². The van der Waals surface area contributed by atoms with E-state index in [2.05, 4.69) is 189 Å². The Hall–Kier alpha value is -1.66. The Morgan fingerprint density at radius 2 is 0.787 bits per heavy atom. The quantitative estimate of drug-likeness (QED) is 0.178. The molecule has 0 N–H and O–H groups in total. The minimum Gasteiger partial charge on any atom is -0.0619 e. The zero-order chi connectivity index (χ0) is 35.3. The largest absolute Gasteiger partial charge is 0.358 e. The molecule has 0 aliphatic rings. The lowest BCUT2D eigenvalue weighted by molar-refractivity contribution is -0.599. The van der Waals surface area contributed by atoms with E-state index in [4.69, 9.17) is 0 Å². The zero-order valence-corrected chi connectivity index (χ0v) is 36.4. The normalized spacial score (nSPS) is 12.5. The first kappa shape index (κ1) is 39.8. The summed E-state index contributed by atoms with van der Waals surface area (Å²) in [5, 5.41) is 0. The molecule has 0 aliphatic heterocycles. The molecule has 0 nitrogen and oxygen atoms in total. The molecule has 4 aromatic carbocycles. The first-order valence-electron chi connectivity index (χ1n) is 17.5. The topological polar surface area (TPSA) is 0 Å². The van der Waals surface area contributed by atoms with Crippen LogP contribution in [0.5, 0.6) is 0 Å². The standard InChI is InChI=1S/C24H34I.C21H28I/c1-22(2,3)17-15-19(23(4,5)6)21(20(16-17)24(7,8)9)25-18-13-11-10-12-14-18;1-14(2)17-12-19(15(3)4)21(20(13-17)16(5)6)22-18-10-8-7-9-11-18/h10-16H,1-9H3;7-16H,1-6H3/q2*+1. The fourth-order valence-corrected chi connectivity index (χ4v) is 12.9. The van der Waals surface area contributed by atoms with Crippen molar-refractivity contribution in [1.29, 1.82) is 0 Å². The number of hydrogen-bond acceptors (Lipinski definition) is 0. The summed E-state index contributed by atoms with van der Waals surface area (Å²) in [4.78, 5) is 0. The van der Waals surface area contributed by atoms with Crippen molar-refractivity contribution in [3.63, 3.8) is 0 Å². The van der Waals surface area contributed by atoms with E-state index >= 15 is 0 Å². The molecule has 0 radical (unpaired) electrons. The molecule has 0 heterocycles. The van der Waals surface area contributed by atoms with Crippen molar-refractivity contribution in [2.45, 2.75) is 138 Å². The average Bonchev–Trinajstić information content (AvgIpc) is 2.96. The first-order chi connectivity index (χ1) is 21.7. The molecule has 0 saturated heterocycles. The van der Waals surface area contributed by atoms with Crippen LogP contribution in [0.4, 0.5) is 0 Å². The Kier molecular flexibility index (Phi) is 13.8. The highest BCUT2D eigenvalue weighted by molar-refractivity contribution is 5.40. The molecule has 0 bridgehead atoms.